The maximum absolute atomic E-state index is 5.49. The van der Waals surface area contributed by atoms with E-state index in [1.165, 1.54) is 0 Å². The first-order valence-corrected chi connectivity index (χ1v) is 4.36. The van der Waals surface area contributed by atoms with Crippen molar-refractivity contribution in [2.45, 2.75) is 38.3 Å². The highest BCUT2D eigenvalue weighted by atomic mass is 16.5. The van der Waals surface area contributed by atoms with Crippen LogP contribution in [0.5, 0.6) is 0 Å². The zero-order valence-electron chi connectivity index (χ0n) is 7.47. The van der Waals surface area contributed by atoms with E-state index in [-0.39, 0.29) is 12.1 Å². The summed E-state index contributed by atoms with van der Waals surface area (Å²) in [6, 6.07) is 0.194. The Bertz CT molecular complexity index is 177. The summed E-state index contributed by atoms with van der Waals surface area (Å²) in [6.45, 7) is 2.70. The average Bonchev–Trinajstić information content (AvgIpc) is 2.59. The molecule has 2 unspecified atom stereocenters. The quantitative estimate of drug-likeness (QED) is 0.364. The van der Waals surface area contributed by atoms with Crippen molar-refractivity contribution in [1.29, 1.82) is 0 Å². The largest absolute Gasteiger partial charge is 0.377 e. The highest BCUT2D eigenvalue weighted by Gasteiger charge is 2.23. The molecule has 1 aliphatic rings. The monoisotopic (exact) mass is 168 g/mol. The molecule has 0 amide bonds. The molecule has 3 nitrogen and oxygen atoms in total. The summed E-state index contributed by atoms with van der Waals surface area (Å²) in [5.74, 6) is 11.3. The topological polar surface area (TPSA) is 47.3 Å². The Labute approximate surface area is 73.6 Å². The van der Waals surface area contributed by atoms with Gasteiger partial charge in [-0.3, -0.25) is 11.3 Å². The fourth-order valence-electron chi connectivity index (χ4n) is 1.43. The predicted octanol–water partition coefficient (Wildman–Crippen LogP) is 0.411. The average molecular weight is 168 g/mol. The van der Waals surface area contributed by atoms with Crippen LogP contribution < -0.4 is 11.3 Å². The van der Waals surface area contributed by atoms with Crippen LogP contribution in [0.1, 0.15) is 26.2 Å². The number of rotatable bonds is 3. The van der Waals surface area contributed by atoms with Crippen LogP contribution in [0.15, 0.2) is 0 Å². The van der Waals surface area contributed by atoms with Crippen molar-refractivity contribution in [2.24, 2.45) is 5.84 Å². The fourth-order valence-corrected chi connectivity index (χ4v) is 1.43. The highest BCUT2D eigenvalue weighted by molar-refractivity contribution is 4.99. The number of hydrogen-bond acceptors (Lipinski definition) is 3. The van der Waals surface area contributed by atoms with Crippen LogP contribution in [0.2, 0.25) is 0 Å². The third-order valence-electron chi connectivity index (χ3n) is 2.13. The van der Waals surface area contributed by atoms with Gasteiger partial charge in [-0.05, 0) is 19.8 Å². The van der Waals surface area contributed by atoms with Crippen molar-refractivity contribution >= 4 is 0 Å². The molecule has 0 aromatic heterocycles. The molecule has 1 rings (SSSR count). The minimum atomic E-state index is 0.194. The van der Waals surface area contributed by atoms with Crippen LogP contribution in [-0.2, 0) is 4.74 Å². The Kier molecular flexibility index (Phi) is 4.09. The fraction of sp³-hybridized carbons (Fsp3) is 0.778. The van der Waals surface area contributed by atoms with E-state index in [1.54, 1.807) is 0 Å². The summed E-state index contributed by atoms with van der Waals surface area (Å²) in [7, 11) is 0. The molecular formula is C9H16N2O. The Balaban J connectivity index is 2.35. The molecule has 0 aliphatic carbocycles. The van der Waals surface area contributed by atoms with Crippen molar-refractivity contribution in [2.75, 3.05) is 6.61 Å². The molecule has 1 saturated heterocycles. The Morgan fingerprint density at radius 2 is 2.58 bits per heavy atom. The van der Waals surface area contributed by atoms with Gasteiger partial charge in [-0.1, -0.05) is 0 Å². The molecule has 0 radical (unpaired) electrons. The molecular weight excluding hydrogens is 152 g/mol. The van der Waals surface area contributed by atoms with E-state index in [9.17, 15) is 0 Å². The molecule has 12 heavy (non-hydrogen) atoms. The van der Waals surface area contributed by atoms with Crippen molar-refractivity contribution in [3.05, 3.63) is 0 Å². The molecule has 68 valence electrons. The van der Waals surface area contributed by atoms with Crippen molar-refractivity contribution in [1.82, 2.24) is 5.43 Å². The van der Waals surface area contributed by atoms with E-state index < -0.39 is 0 Å². The molecule has 3 heteroatoms. The Morgan fingerprint density at radius 3 is 3.08 bits per heavy atom. The van der Waals surface area contributed by atoms with Gasteiger partial charge in [-0.2, -0.15) is 0 Å². The normalized spacial score (nSPS) is 24.7. The maximum Gasteiger partial charge on any atom is 0.0751 e. The van der Waals surface area contributed by atoms with Gasteiger partial charge in [0.2, 0.25) is 0 Å². The predicted molar refractivity (Wildman–Crippen MR) is 48.2 cm³/mol. The van der Waals surface area contributed by atoms with Crippen LogP contribution >= 0.6 is 0 Å². The second-order valence-corrected chi connectivity index (χ2v) is 2.96. The number of nitrogens with one attached hydrogen (secondary N) is 1. The lowest BCUT2D eigenvalue weighted by Gasteiger charge is -2.19. The number of nitrogens with two attached hydrogens (primary N) is 1. The van der Waals surface area contributed by atoms with E-state index in [1.807, 2.05) is 6.92 Å². The summed E-state index contributed by atoms with van der Waals surface area (Å²) in [5, 5.41) is 0. The van der Waals surface area contributed by atoms with Crippen molar-refractivity contribution in [3.63, 3.8) is 0 Å². The van der Waals surface area contributed by atoms with Gasteiger partial charge < -0.3 is 4.74 Å². The number of hydrazine groups is 1. The Hall–Kier alpha value is -0.560. The third-order valence-corrected chi connectivity index (χ3v) is 2.13. The summed E-state index contributed by atoms with van der Waals surface area (Å²) >= 11 is 0. The first-order valence-electron chi connectivity index (χ1n) is 4.36. The smallest absolute Gasteiger partial charge is 0.0751 e. The second kappa shape index (κ2) is 5.15. The van der Waals surface area contributed by atoms with Gasteiger partial charge in [-0.15, -0.1) is 11.8 Å². The zero-order chi connectivity index (χ0) is 8.81. The molecule has 0 saturated carbocycles. The standard InChI is InChI=1S/C9H16N2O/c1-2-3-5-8(11-10)9-6-4-7-12-9/h8-9,11H,4-7,10H2,1H3. The summed E-state index contributed by atoms with van der Waals surface area (Å²) in [6.07, 6.45) is 3.27. The van der Waals surface area contributed by atoms with Crippen LogP contribution in [0.25, 0.3) is 0 Å². The summed E-state index contributed by atoms with van der Waals surface area (Å²) < 4.78 is 5.49. The van der Waals surface area contributed by atoms with Crippen LogP contribution in [-0.4, -0.2) is 18.8 Å². The molecule has 1 fully saturated rings. The Morgan fingerprint density at radius 1 is 1.75 bits per heavy atom. The van der Waals surface area contributed by atoms with Gasteiger partial charge in [0.15, 0.2) is 0 Å². The van der Waals surface area contributed by atoms with Crippen LogP contribution in [0, 0.1) is 11.8 Å². The van der Waals surface area contributed by atoms with Gasteiger partial charge in [0, 0.05) is 13.0 Å². The van der Waals surface area contributed by atoms with Gasteiger partial charge in [-0.25, -0.2) is 0 Å². The SMILES string of the molecule is CC#CCC(NN)C1CCCO1. The molecule has 2 atom stereocenters. The van der Waals surface area contributed by atoms with Crippen LogP contribution in [0.3, 0.4) is 0 Å². The third kappa shape index (κ3) is 2.49. The molecule has 0 spiro atoms. The lowest BCUT2D eigenvalue weighted by Crippen LogP contribution is -2.43. The zero-order valence-corrected chi connectivity index (χ0v) is 7.47. The number of ether oxygens (including phenoxy) is 1. The summed E-state index contributed by atoms with van der Waals surface area (Å²) in [5.41, 5.74) is 2.75. The summed E-state index contributed by atoms with van der Waals surface area (Å²) in [4.78, 5) is 0. The second-order valence-electron chi connectivity index (χ2n) is 2.96. The lowest BCUT2D eigenvalue weighted by molar-refractivity contribution is 0.0799. The van der Waals surface area contributed by atoms with Gasteiger partial charge in [0.25, 0.3) is 0 Å². The minimum absolute atomic E-state index is 0.194. The van der Waals surface area contributed by atoms with Crippen LogP contribution in [0.4, 0.5) is 0 Å². The molecule has 0 bridgehead atoms. The van der Waals surface area contributed by atoms with Gasteiger partial charge >= 0.3 is 0 Å². The van der Waals surface area contributed by atoms with Crippen molar-refractivity contribution < 1.29 is 4.74 Å². The molecule has 1 heterocycles. The molecule has 0 aromatic carbocycles. The van der Waals surface area contributed by atoms with Gasteiger partial charge in [0.1, 0.15) is 0 Å². The molecule has 0 aromatic rings. The minimum Gasteiger partial charge on any atom is -0.377 e. The van der Waals surface area contributed by atoms with E-state index in [4.69, 9.17) is 10.6 Å². The van der Waals surface area contributed by atoms with E-state index >= 15 is 0 Å². The maximum atomic E-state index is 5.49. The van der Waals surface area contributed by atoms with E-state index in [2.05, 4.69) is 17.3 Å². The lowest BCUT2D eigenvalue weighted by atomic mass is 10.1. The molecule has 3 N–H and O–H groups in total. The highest BCUT2D eigenvalue weighted by Crippen LogP contribution is 2.16. The van der Waals surface area contributed by atoms with E-state index in [0.29, 0.717) is 0 Å². The van der Waals surface area contributed by atoms with Crippen molar-refractivity contribution in [3.8, 4) is 11.8 Å². The van der Waals surface area contributed by atoms with Gasteiger partial charge in [0.05, 0.1) is 12.1 Å². The molecule has 1 aliphatic heterocycles. The van der Waals surface area contributed by atoms with E-state index in [0.717, 1.165) is 25.9 Å². The number of hydrogen-bond donors (Lipinski definition) is 2. The first kappa shape index (κ1) is 9.53. The first-order chi connectivity index (χ1) is 5.88.